The Labute approximate surface area is 95.1 Å². The van der Waals surface area contributed by atoms with Gasteiger partial charge in [0.1, 0.15) is 0 Å². The van der Waals surface area contributed by atoms with Crippen LogP contribution in [0.5, 0.6) is 0 Å². The topological polar surface area (TPSA) is 37.3 Å². The van der Waals surface area contributed by atoms with Crippen molar-refractivity contribution in [1.82, 2.24) is 0 Å². The van der Waals surface area contributed by atoms with Crippen molar-refractivity contribution in [2.24, 2.45) is 10.8 Å². The van der Waals surface area contributed by atoms with Gasteiger partial charge < -0.3 is 5.11 Å². The molecule has 2 rings (SSSR count). The summed E-state index contributed by atoms with van der Waals surface area (Å²) >= 11 is 1.83. The second-order valence-electron chi connectivity index (χ2n) is 5.84. The SMILES string of the molecule is CC(C)(C)C12C=CC(CC1(C)C(=O)O)S2. The van der Waals surface area contributed by atoms with Gasteiger partial charge in [-0.15, -0.1) is 11.8 Å². The molecule has 15 heavy (non-hydrogen) atoms. The number of carbonyl (C=O) groups is 1. The third-order valence-corrected chi connectivity index (χ3v) is 6.10. The van der Waals surface area contributed by atoms with Gasteiger partial charge in [0.25, 0.3) is 0 Å². The summed E-state index contributed by atoms with van der Waals surface area (Å²) in [4.78, 5) is 11.5. The molecule has 0 saturated carbocycles. The Kier molecular flexibility index (Phi) is 2.08. The summed E-state index contributed by atoms with van der Waals surface area (Å²) in [6.07, 6.45) is 5.08. The van der Waals surface area contributed by atoms with Crippen LogP contribution < -0.4 is 0 Å². The van der Waals surface area contributed by atoms with Gasteiger partial charge in [-0.3, -0.25) is 4.79 Å². The molecule has 1 N–H and O–H groups in total. The van der Waals surface area contributed by atoms with E-state index in [4.69, 9.17) is 0 Å². The van der Waals surface area contributed by atoms with Crippen LogP contribution in [0, 0.1) is 10.8 Å². The lowest BCUT2D eigenvalue weighted by atomic mass is 9.60. The molecule has 2 aliphatic rings. The van der Waals surface area contributed by atoms with Crippen LogP contribution in [-0.4, -0.2) is 21.1 Å². The van der Waals surface area contributed by atoms with Crippen molar-refractivity contribution in [3.05, 3.63) is 12.2 Å². The average Bonchev–Trinajstić information content (AvgIpc) is 2.58. The van der Waals surface area contributed by atoms with E-state index in [1.165, 1.54) is 0 Å². The van der Waals surface area contributed by atoms with Crippen molar-refractivity contribution in [3.8, 4) is 0 Å². The molecule has 2 heterocycles. The molecule has 2 bridgehead atoms. The second kappa shape index (κ2) is 2.82. The van der Waals surface area contributed by atoms with Crippen LogP contribution in [0.15, 0.2) is 12.2 Å². The van der Waals surface area contributed by atoms with Crippen molar-refractivity contribution in [1.29, 1.82) is 0 Å². The molecule has 0 aromatic rings. The summed E-state index contributed by atoms with van der Waals surface area (Å²) in [5.74, 6) is -0.656. The van der Waals surface area contributed by atoms with Gasteiger partial charge in [0.15, 0.2) is 0 Å². The number of aliphatic carboxylic acids is 1. The van der Waals surface area contributed by atoms with Gasteiger partial charge in [-0.05, 0) is 18.8 Å². The minimum atomic E-state index is -0.656. The van der Waals surface area contributed by atoms with Crippen LogP contribution in [0.2, 0.25) is 0 Å². The normalized spacial score (nSPS) is 43.6. The van der Waals surface area contributed by atoms with Crippen LogP contribution >= 0.6 is 11.8 Å². The van der Waals surface area contributed by atoms with Crippen LogP contribution in [0.1, 0.15) is 34.1 Å². The molecule has 3 atom stereocenters. The number of hydrogen-bond acceptors (Lipinski definition) is 2. The van der Waals surface area contributed by atoms with Crippen LogP contribution in [0.3, 0.4) is 0 Å². The number of fused-ring (bicyclic) bond motifs is 2. The van der Waals surface area contributed by atoms with Crippen molar-refractivity contribution < 1.29 is 9.90 Å². The number of carboxylic acid groups (broad SMARTS) is 1. The Morgan fingerprint density at radius 1 is 1.53 bits per heavy atom. The van der Waals surface area contributed by atoms with Crippen molar-refractivity contribution in [2.45, 2.75) is 44.1 Å². The van der Waals surface area contributed by atoms with E-state index < -0.39 is 11.4 Å². The third kappa shape index (κ3) is 1.16. The zero-order valence-electron chi connectivity index (χ0n) is 9.70. The maximum Gasteiger partial charge on any atom is 0.311 e. The standard InChI is InChI=1S/C12H18O2S/c1-10(2,3)12-6-5-8(15-12)7-11(12,4)9(13)14/h5-6,8H,7H2,1-4H3,(H,13,14). The monoisotopic (exact) mass is 226 g/mol. The first-order valence-corrected chi connectivity index (χ1v) is 6.21. The first-order valence-electron chi connectivity index (χ1n) is 5.33. The molecule has 0 amide bonds. The number of carboxylic acids is 1. The molecule has 3 heteroatoms. The Morgan fingerprint density at radius 3 is 2.47 bits per heavy atom. The number of rotatable bonds is 1. The van der Waals surface area contributed by atoms with E-state index in [0.29, 0.717) is 5.25 Å². The Morgan fingerprint density at radius 2 is 2.13 bits per heavy atom. The summed E-state index contributed by atoms with van der Waals surface area (Å²) in [6, 6.07) is 0. The quantitative estimate of drug-likeness (QED) is 0.698. The van der Waals surface area contributed by atoms with Gasteiger partial charge in [0.2, 0.25) is 0 Å². The van der Waals surface area contributed by atoms with Crippen molar-refractivity contribution >= 4 is 17.7 Å². The zero-order valence-corrected chi connectivity index (χ0v) is 10.5. The zero-order chi connectivity index (χ0) is 11.5. The lowest BCUT2D eigenvalue weighted by molar-refractivity contribution is -0.151. The fourth-order valence-corrected chi connectivity index (χ4v) is 5.03. The van der Waals surface area contributed by atoms with E-state index >= 15 is 0 Å². The number of hydrogen-bond donors (Lipinski definition) is 1. The molecule has 0 radical (unpaired) electrons. The minimum absolute atomic E-state index is 0.0213. The molecule has 0 spiro atoms. The van der Waals surface area contributed by atoms with E-state index in [1.54, 1.807) is 0 Å². The summed E-state index contributed by atoms with van der Waals surface area (Å²) in [5, 5.41) is 9.87. The molecule has 1 saturated heterocycles. The van der Waals surface area contributed by atoms with Crippen LogP contribution in [0.4, 0.5) is 0 Å². The Bertz CT molecular complexity index is 342. The van der Waals surface area contributed by atoms with Gasteiger partial charge in [0, 0.05) is 5.25 Å². The highest BCUT2D eigenvalue weighted by Crippen LogP contribution is 2.67. The van der Waals surface area contributed by atoms with E-state index in [0.717, 1.165) is 6.42 Å². The molecule has 0 aliphatic carbocycles. The highest BCUT2D eigenvalue weighted by atomic mass is 32.2. The minimum Gasteiger partial charge on any atom is -0.481 e. The molecule has 0 aromatic heterocycles. The predicted octanol–water partition coefficient (Wildman–Crippen LogP) is 2.94. The number of thioether (sulfide) groups is 1. The molecule has 2 nitrogen and oxygen atoms in total. The van der Waals surface area contributed by atoms with Gasteiger partial charge in [-0.25, -0.2) is 0 Å². The van der Waals surface area contributed by atoms with Crippen molar-refractivity contribution in [3.63, 3.8) is 0 Å². The maximum atomic E-state index is 11.5. The van der Waals surface area contributed by atoms with Gasteiger partial charge in [-0.2, -0.15) is 0 Å². The van der Waals surface area contributed by atoms with E-state index in [9.17, 15) is 9.90 Å². The molecule has 3 unspecified atom stereocenters. The molecule has 1 fully saturated rings. The predicted molar refractivity (Wildman–Crippen MR) is 63.1 cm³/mol. The van der Waals surface area contributed by atoms with Crippen LogP contribution in [-0.2, 0) is 4.79 Å². The smallest absolute Gasteiger partial charge is 0.311 e. The molecular weight excluding hydrogens is 208 g/mol. The summed E-state index contributed by atoms with van der Waals surface area (Å²) in [6.45, 7) is 8.31. The van der Waals surface area contributed by atoms with Gasteiger partial charge in [-0.1, -0.05) is 32.9 Å². The largest absolute Gasteiger partial charge is 0.481 e. The van der Waals surface area contributed by atoms with E-state index in [2.05, 4.69) is 32.9 Å². The van der Waals surface area contributed by atoms with Crippen molar-refractivity contribution in [2.75, 3.05) is 0 Å². The lowest BCUT2D eigenvalue weighted by Gasteiger charge is -2.47. The first-order chi connectivity index (χ1) is 6.73. The molecule has 2 aliphatic heterocycles. The maximum absolute atomic E-state index is 11.5. The fraction of sp³-hybridized carbons (Fsp3) is 0.750. The Balaban J connectivity index is 2.54. The summed E-state index contributed by atoms with van der Waals surface area (Å²) < 4.78 is -0.240. The summed E-state index contributed by atoms with van der Waals surface area (Å²) in [7, 11) is 0. The highest BCUT2D eigenvalue weighted by molar-refractivity contribution is 8.02. The fourth-order valence-electron chi connectivity index (χ4n) is 3.04. The molecule has 84 valence electrons. The average molecular weight is 226 g/mol. The van der Waals surface area contributed by atoms with Crippen LogP contribution in [0.25, 0.3) is 0 Å². The summed E-state index contributed by atoms with van der Waals surface area (Å²) in [5.41, 5.74) is -0.637. The lowest BCUT2D eigenvalue weighted by Crippen LogP contribution is -2.52. The van der Waals surface area contributed by atoms with E-state index in [-0.39, 0.29) is 10.2 Å². The second-order valence-corrected chi connectivity index (χ2v) is 7.33. The first kappa shape index (κ1) is 11.1. The van der Waals surface area contributed by atoms with E-state index in [1.807, 2.05) is 18.7 Å². The molecule has 0 aromatic carbocycles. The third-order valence-electron chi connectivity index (χ3n) is 3.90. The van der Waals surface area contributed by atoms with Gasteiger partial charge in [0.05, 0.1) is 10.2 Å². The van der Waals surface area contributed by atoms with Gasteiger partial charge >= 0.3 is 5.97 Å². The highest BCUT2D eigenvalue weighted by Gasteiger charge is 2.66. The Hall–Kier alpha value is -0.440. The molecular formula is C12H18O2S.